The Kier molecular flexibility index (Phi) is 13.7. The Bertz CT molecular complexity index is 2800. The minimum atomic E-state index is -0.452. The minimum Gasteiger partial charge on any atom is -0.493 e. The van der Waals surface area contributed by atoms with E-state index >= 15 is 0 Å². The van der Waals surface area contributed by atoms with Gasteiger partial charge in [-0.3, -0.25) is 9.80 Å². The molecular formula is C60H64N2O10. The first-order valence-electron chi connectivity index (χ1n) is 25.0. The predicted molar refractivity (Wildman–Crippen MR) is 276 cm³/mol. The molecule has 0 N–H and O–H groups in total. The molecular weight excluding hydrogens is 909 g/mol. The molecule has 4 saturated heterocycles. The standard InChI is InChI=1S/C60H64N2O10/c1-58(2,39-70-51-29-17-45(18-30-51)60(5,6)44-15-27-50(28-16-44)67-36-54-38-69-54)55-33-62(57(64)72-55)47-21-9-41(10-22-47)31-40-7-19-46(20-8-40)61-32-52(71-56(61)63)34-65-48-23-11-42(12-24-48)59(3,4)43-13-25-49(26-14-43)66-35-53-37-68-53/h7-30,52-55H,31-39H2,1-6H3. The van der Waals surface area contributed by atoms with Gasteiger partial charge in [-0.15, -0.1) is 0 Å². The molecule has 0 radical (unpaired) electrons. The smallest absolute Gasteiger partial charge is 0.414 e. The molecule has 0 aliphatic carbocycles. The van der Waals surface area contributed by atoms with Gasteiger partial charge in [0.25, 0.3) is 0 Å². The molecule has 4 aliphatic heterocycles. The highest BCUT2D eigenvalue weighted by Crippen LogP contribution is 2.37. The van der Waals surface area contributed by atoms with E-state index in [1.54, 1.807) is 9.80 Å². The zero-order valence-corrected chi connectivity index (χ0v) is 42.0. The van der Waals surface area contributed by atoms with Gasteiger partial charge in [0.15, 0.2) is 6.10 Å². The monoisotopic (exact) mass is 972 g/mol. The van der Waals surface area contributed by atoms with Gasteiger partial charge in [-0.25, -0.2) is 9.59 Å². The van der Waals surface area contributed by atoms with E-state index in [0.717, 1.165) is 58.5 Å². The second kappa shape index (κ2) is 20.2. The van der Waals surface area contributed by atoms with Gasteiger partial charge in [0, 0.05) is 27.6 Å². The lowest BCUT2D eigenvalue weighted by molar-refractivity contribution is 0.0302. The average molecular weight is 973 g/mol. The number of ether oxygens (including phenoxy) is 8. The van der Waals surface area contributed by atoms with E-state index in [1.165, 1.54) is 16.7 Å². The zero-order chi connectivity index (χ0) is 50.0. The lowest BCUT2D eigenvalue weighted by Crippen LogP contribution is -2.38. The van der Waals surface area contributed by atoms with Crippen LogP contribution in [0, 0.1) is 5.41 Å². The van der Waals surface area contributed by atoms with Gasteiger partial charge in [-0.1, -0.05) is 114 Å². The number of benzene rings is 6. The fourth-order valence-corrected chi connectivity index (χ4v) is 9.19. The van der Waals surface area contributed by atoms with Crippen molar-refractivity contribution in [1.82, 2.24) is 0 Å². The highest BCUT2D eigenvalue weighted by molar-refractivity contribution is 5.90. The van der Waals surface area contributed by atoms with Gasteiger partial charge in [0.05, 0.1) is 32.9 Å². The van der Waals surface area contributed by atoms with E-state index in [0.29, 0.717) is 45.1 Å². The van der Waals surface area contributed by atoms with Gasteiger partial charge in [-0.05, 0) is 113 Å². The first kappa shape index (κ1) is 48.6. The summed E-state index contributed by atoms with van der Waals surface area (Å²) in [6.45, 7) is 17.1. The molecule has 4 unspecified atom stereocenters. The van der Waals surface area contributed by atoms with Crippen molar-refractivity contribution in [3.63, 3.8) is 0 Å². The molecule has 10 rings (SSSR count). The van der Waals surface area contributed by atoms with Gasteiger partial charge < -0.3 is 37.9 Å². The van der Waals surface area contributed by atoms with Gasteiger partial charge in [0.2, 0.25) is 0 Å². The Hall–Kier alpha value is -7.02. The Morgan fingerprint density at radius 2 is 0.792 bits per heavy atom. The molecule has 4 aliphatic rings. The number of nitrogens with zero attached hydrogens (tertiary/aromatic N) is 2. The Morgan fingerprint density at radius 1 is 0.444 bits per heavy atom. The average Bonchev–Trinajstić information content (AvgIpc) is 4.33. The van der Waals surface area contributed by atoms with Crippen molar-refractivity contribution < 1.29 is 47.5 Å². The highest BCUT2D eigenvalue weighted by atomic mass is 16.6. The number of carbonyl (C=O) groups is 2. The number of amides is 2. The number of epoxide rings is 2. The van der Waals surface area contributed by atoms with Crippen LogP contribution in [0.3, 0.4) is 0 Å². The lowest BCUT2D eigenvalue weighted by atomic mass is 9.78. The Labute approximate surface area is 422 Å². The molecule has 12 heteroatoms. The largest absolute Gasteiger partial charge is 0.493 e. The summed E-state index contributed by atoms with van der Waals surface area (Å²) in [5, 5.41) is 0. The van der Waals surface area contributed by atoms with E-state index in [4.69, 9.17) is 37.9 Å². The van der Waals surface area contributed by atoms with Crippen molar-refractivity contribution in [2.45, 2.75) is 83.2 Å². The molecule has 0 saturated carbocycles. The third-order valence-corrected chi connectivity index (χ3v) is 14.5. The van der Waals surface area contributed by atoms with E-state index in [9.17, 15) is 9.59 Å². The van der Waals surface area contributed by atoms with Crippen LogP contribution in [0.5, 0.6) is 23.0 Å². The quantitative estimate of drug-likeness (QED) is 0.0645. The summed E-state index contributed by atoms with van der Waals surface area (Å²) in [5.41, 5.74) is 7.53. The van der Waals surface area contributed by atoms with Crippen LogP contribution in [-0.2, 0) is 36.2 Å². The van der Waals surface area contributed by atoms with Crippen molar-refractivity contribution in [2.24, 2.45) is 5.41 Å². The van der Waals surface area contributed by atoms with Crippen LogP contribution in [0.15, 0.2) is 146 Å². The van der Waals surface area contributed by atoms with E-state index in [-0.39, 0.29) is 41.8 Å². The van der Waals surface area contributed by atoms with Crippen LogP contribution in [0.25, 0.3) is 0 Å². The molecule has 6 aromatic rings. The Morgan fingerprint density at radius 3 is 1.18 bits per heavy atom. The maximum Gasteiger partial charge on any atom is 0.414 e. The summed E-state index contributed by atoms with van der Waals surface area (Å²) in [7, 11) is 0. The maximum absolute atomic E-state index is 13.2. The van der Waals surface area contributed by atoms with Gasteiger partial charge >= 0.3 is 12.2 Å². The second-order valence-electron chi connectivity index (χ2n) is 21.1. The first-order valence-corrected chi connectivity index (χ1v) is 25.0. The third-order valence-electron chi connectivity index (χ3n) is 14.5. The van der Waals surface area contributed by atoms with Crippen molar-refractivity contribution >= 4 is 23.6 Å². The number of anilines is 2. The SMILES string of the molecule is CC(C)(c1ccc(OCC2CO2)cc1)c1ccc(OCC2CN(c3ccc(Cc4ccc(N5CC(C(C)(C)COc6ccc(C(C)(C)c7ccc(OCC8CO8)cc7)cc6)OC5=O)cc4)cc3)C(=O)O2)cc1. The summed E-state index contributed by atoms with van der Waals surface area (Å²) in [4.78, 5) is 29.5. The molecule has 0 spiro atoms. The molecule has 12 nitrogen and oxygen atoms in total. The fourth-order valence-electron chi connectivity index (χ4n) is 9.19. The number of cyclic esters (lactones) is 2. The predicted octanol–water partition coefficient (Wildman–Crippen LogP) is 11.3. The topological polar surface area (TPSA) is 121 Å². The van der Waals surface area contributed by atoms with Crippen LogP contribution >= 0.6 is 0 Å². The maximum atomic E-state index is 13.2. The van der Waals surface area contributed by atoms with Gasteiger partial charge in [0.1, 0.15) is 61.1 Å². The highest BCUT2D eigenvalue weighted by Gasteiger charge is 2.43. The summed E-state index contributed by atoms with van der Waals surface area (Å²) in [6.07, 6.45) is -0.400. The van der Waals surface area contributed by atoms with Crippen LogP contribution in [-0.4, -0.2) is 89.3 Å². The summed E-state index contributed by atoms with van der Waals surface area (Å²) in [6, 6.07) is 48.8. The van der Waals surface area contributed by atoms with Crippen molar-refractivity contribution in [1.29, 1.82) is 0 Å². The third kappa shape index (κ3) is 11.4. The lowest BCUT2D eigenvalue weighted by Gasteiger charge is -2.30. The summed E-state index contributed by atoms with van der Waals surface area (Å²) < 4.78 is 46.2. The van der Waals surface area contributed by atoms with Crippen LogP contribution in [0.1, 0.15) is 74.9 Å². The normalized spacial score (nSPS) is 19.7. The molecule has 2 amide bonds. The van der Waals surface area contributed by atoms with E-state index in [1.807, 2.05) is 97.1 Å². The molecule has 4 heterocycles. The minimum absolute atomic E-state index is 0.219. The van der Waals surface area contributed by atoms with Crippen LogP contribution < -0.4 is 28.7 Å². The molecule has 6 aromatic carbocycles. The fraction of sp³-hybridized carbons (Fsp3) is 0.367. The van der Waals surface area contributed by atoms with E-state index < -0.39 is 17.6 Å². The number of rotatable bonds is 21. The number of hydrogen-bond acceptors (Lipinski definition) is 10. The number of carbonyl (C=O) groups excluding carboxylic acids is 2. The van der Waals surface area contributed by atoms with Gasteiger partial charge in [-0.2, -0.15) is 0 Å². The first-order chi connectivity index (χ1) is 34.7. The molecule has 0 aromatic heterocycles. The molecule has 72 heavy (non-hydrogen) atoms. The van der Waals surface area contributed by atoms with Crippen LogP contribution in [0.4, 0.5) is 21.0 Å². The molecule has 4 fully saturated rings. The Balaban J connectivity index is 0.665. The molecule has 374 valence electrons. The molecule has 4 atom stereocenters. The number of hydrogen-bond donors (Lipinski definition) is 0. The van der Waals surface area contributed by atoms with Crippen molar-refractivity contribution in [3.8, 4) is 23.0 Å². The second-order valence-corrected chi connectivity index (χ2v) is 21.1. The molecule has 0 bridgehead atoms. The van der Waals surface area contributed by atoms with Crippen molar-refractivity contribution in [2.75, 3.05) is 62.5 Å². The van der Waals surface area contributed by atoms with E-state index in [2.05, 4.69) is 90.1 Å². The van der Waals surface area contributed by atoms with Crippen molar-refractivity contribution in [3.05, 3.63) is 179 Å². The summed E-state index contributed by atoms with van der Waals surface area (Å²) >= 11 is 0. The summed E-state index contributed by atoms with van der Waals surface area (Å²) in [5.74, 6) is 3.16. The van der Waals surface area contributed by atoms with Crippen LogP contribution in [0.2, 0.25) is 0 Å². The zero-order valence-electron chi connectivity index (χ0n) is 42.0.